The molecule has 1 aliphatic carbocycles. The summed E-state index contributed by atoms with van der Waals surface area (Å²) in [5.74, 6) is -0.579. The number of aliphatic hydroxyl groups excluding tert-OH is 1. The SMILES string of the molecule is CCCOCCOC(=O)/C(C#N)=C1\C=C(NCCCC(C)O)CCC1. The summed E-state index contributed by atoms with van der Waals surface area (Å²) >= 11 is 0. The lowest BCUT2D eigenvalue weighted by Gasteiger charge is -2.18. The Morgan fingerprint density at radius 1 is 1.40 bits per heavy atom. The fraction of sp³-hybridized carbons (Fsp3) is 0.684. The highest BCUT2D eigenvalue weighted by molar-refractivity contribution is 5.94. The van der Waals surface area contributed by atoms with Gasteiger partial charge in [0, 0.05) is 18.8 Å². The molecule has 6 heteroatoms. The van der Waals surface area contributed by atoms with Gasteiger partial charge in [0.25, 0.3) is 0 Å². The lowest BCUT2D eigenvalue weighted by molar-refractivity contribution is -0.140. The fourth-order valence-electron chi connectivity index (χ4n) is 2.57. The van der Waals surface area contributed by atoms with Crippen molar-refractivity contribution in [2.24, 2.45) is 0 Å². The Morgan fingerprint density at radius 2 is 2.20 bits per heavy atom. The molecular formula is C19H30N2O4. The van der Waals surface area contributed by atoms with E-state index in [4.69, 9.17) is 9.47 Å². The van der Waals surface area contributed by atoms with Gasteiger partial charge in [-0.05, 0) is 57.1 Å². The van der Waals surface area contributed by atoms with Crippen molar-refractivity contribution in [1.29, 1.82) is 5.26 Å². The number of nitriles is 1. The molecule has 140 valence electrons. The molecule has 0 radical (unpaired) electrons. The summed E-state index contributed by atoms with van der Waals surface area (Å²) in [6, 6.07) is 1.99. The molecule has 0 spiro atoms. The molecule has 0 heterocycles. The van der Waals surface area contributed by atoms with Gasteiger partial charge in [-0.3, -0.25) is 0 Å². The molecule has 1 rings (SSSR count). The Kier molecular flexibility index (Phi) is 10.6. The van der Waals surface area contributed by atoms with Gasteiger partial charge in [0.1, 0.15) is 18.2 Å². The first-order valence-electron chi connectivity index (χ1n) is 9.09. The summed E-state index contributed by atoms with van der Waals surface area (Å²) in [5, 5.41) is 21.9. The number of nitrogens with one attached hydrogen (secondary N) is 1. The zero-order valence-electron chi connectivity index (χ0n) is 15.3. The van der Waals surface area contributed by atoms with Gasteiger partial charge in [0.05, 0.1) is 12.7 Å². The zero-order valence-corrected chi connectivity index (χ0v) is 15.3. The second-order valence-corrected chi connectivity index (χ2v) is 6.20. The van der Waals surface area contributed by atoms with Crippen LogP contribution in [0.4, 0.5) is 0 Å². The molecule has 0 amide bonds. The maximum absolute atomic E-state index is 12.1. The first kappa shape index (κ1) is 21.2. The number of carbonyl (C=O) groups is 1. The van der Waals surface area contributed by atoms with Crippen LogP contribution in [-0.4, -0.2) is 43.5 Å². The average molecular weight is 350 g/mol. The van der Waals surface area contributed by atoms with E-state index in [0.29, 0.717) is 19.6 Å². The van der Waals surface area contributed by atoms with Gasteiger partial charge in [-0.1, -0.05) is 6.92 Å². The molecule has 0 bridgehead atoms. The molecule has 25 heavy (non-hydrogen) atoms. The number of rotatable bonds is 11. The summed E-state index contributed by atoms with van der Waals surface area (Å²) in [6.45, 7) is 5.70. The minimum Gasteiger partial charge on any atom is -0.459 e. The number of hydrogen-bond acceptors (Lipinski definition) is 6. The number of aliphatic hydroxyl groups is 1. The highest BCUT2D eigenvalue weighted by Gasteiger charge is 2.18. The van der Waals surface area contributed by atoms with E-state index < -0.39 is 5.97 Å². The molecule has 2 N–H and O–H groups in total. The van der Waals surface area contributed by atoms with Crippen LogP contribution in [0.15, 0.2) is 22.9 Å². The summed E-state index contributed by atoms with van der Waals surface area (Å²) in [4.78, 5) is 12.1. The molecule has 1 atom stereocenters. The zero-order chi connectivity index (χ0) is 18.5. The average Bonchev–Trinajstić information content (AvgIpc) is 2.59. The Bertz CT molecular complexity index is 518. The van der Waals surface area contributed by atoms with Crippen molar-refractivity contribution in [2.45, 2.75) is 58.5 Å². The van der Waals surface area contributed by atoms with E-state index >= 15 is 0 Å². The number of carbonyl (C=O) groups excluding carboxylic acids is 1. The number of nitrogens with zero attached hydrogens (tertiary/aromatic N) is 1. The Hall–Kier alpha value is -1.84. The van der Waals surface area contributed by atoms with E-state index in [1.807, 2.05) is 19.1 Å². The van der Waals surface area contributed by atoms with Crippen LogP contribution >= 0.6 is 0 Å². The van der Waals surface area contributed by atoms with Crippen molar-refractivity contribution in [3.63, 3.8) is 0 Å². The molecule has 0 fully saturated rings. The normalized spacial score (nSPS) is 17.3. The van der Waals surface area contributed by atoms with E-state index in [1.54, 1.807) is 6.92 Å². The van der Waals surface area contributed by atoms with E-state index in [0.717, 1.165) is 49.9 Å². The summed E-state index contributed by atoms with van der Waals surface area (Å²) < 4.78 is 10.4. The molecule has 0 aliphatic heterocycles. The smallest absolute Gasteiger partial charge is 0.349 e. The van der Waals surface area contributed by atoms with Gasteiger partial charge in [-0.15, -0.1) is 0 Å². The monoisotopic (exact) mass is 350 g/mol. The number of esters is 1. The van der Waals surface area contributed by atoms with Gasteiger partial charge in [0.15, 0.2) is 0 Å². The van der Waals surface area contributed by atoms with Crippen molar-refractivity contribution in [3.8, 4) is 6.07 Å². The Morgan fingerprint density at radius 3 is 2.88 bits per heavy atom. The highest BCUT2D eigenvalue weighted by atomic mass is 16.6. The van der Waals surface area contributed by atoms with Gasteiger partial charge in [0.2, 0.25) is 0 Å². The third-order valence-electron chi connectivity index (χ3n) is 3.84. The number of hydrogen-bond donors (Lipinski definition) is 2. The van der Waals surface area contributed by atoms with Crippen molar-refractivity contribution < 1.29 is 19.4 Å². The van der Waals surface area contributed by atoms with Crippen LogP contribution in [0.1, 0.15) is 52.4 Å². The highest BCUT2D eigenvalue weighted by Crippen LogP contribution is 2.24. The second-order valence-electron chi connectivity index (χ2n) is 6.20. The van der Waals surface area contributed by atoms with Crippen LogP contribution in [0.25, 0.3) is 0 Å². The van der Waals surface area contributed by atoms with E-state index in [1.165, 1.54) is 0 Å². The van der Waals surface area contributed by atoms with E-state index in [2.05, 4.69) is 5.32 Å². The van der Waals surface area contributed by atoms with E-state index in [-0.39, 0.29) is 18.3 Å². The maximum Gasteiger partial charge on any atom is 0.349 e. The van der Waals surface area contributed by atoms with Crippen LogP contribution in [-0.2, 0) is 14.3 Å². The summed E-state index contributed by atoms with van der Waals surface area (Å²) in [5.41, 5.74) is 1.84. The van der Waals surface area contributed by atoms with Crippen LogP contribution in [0, 0.1) is 11.3 Å². The predicted molar refractivity (Wildman–Crippen MR) is 95.6 cm³/mol. The molecular weight excluding hydrogens is 320 g/mol. The van der Waals surface area contributed by atoms with Crippen molar-refractivity contribution in [3.05, 3.63) is 22.9 Å². The molecule has 0 aromatic carbocycles. The van der Waals surface area contributed by atoms with Crippen molar-refractivity contribution in [2.75, 3.05) is 26.4 Å². The maximum atomic E-state index is 12.1. The molecule has 0 aromatic heterocycles. The van der Waals surface area contributed by atoms with Gasteiger partial charge >= 0.3 is 5.97 Å². The van der Waals surface area contributed by atoms with Gasteiger partial charge in [-0.25, -0.2) is 4.79 Å². The minimum atomic E-state index is -0.579. The minimum absolute atomic E-state index is 0.0819. The fourth-order valence-corrected chi connectivity index (χ4v) is 2.57. The van der Waals surface area contributed by atoms with Crippen LogP contribution in [0.2, 0.25) is 0 Å². The first-order valence-corrected chi connectivity index (χ1v) is 9.09. The number of ether oxygens (including phenoxy) is 2. The number of allylic oxidation sites excluding steroid dienone is 3. The van der Waals surface area contributed by atoms with Crippen LogP contribution in [0.3, 0.4) is 0 Å². The molecule has 0 aromatic rings. The summed E-state index contributed by atoms with van der Waals surface area (Å²) in [7, 11) is 0. The lowest BCUT2D eigenvalue weighted by atomic mass is 9.95. The lowest BCUT2D eigenvalue weighted by Crippen LogP contribution is -2.19. The quantitative estimate of drug-likeness (QED) is 0.258. The van der Waals surface area contributed by atoms with Crippen LogP contribution in [0.5, 0.6) is 0 Å². The van der Waals surface area contributed by atoms with Crippen LogP contribution < -0.4 is 5.32 Å². The molecule has 1 unspecified atom stereocenters. The van der Waals surface area contributed by atoms with Crippen molar-refractivity contribution >= 4 is 5.97 Å². The third-order valence-corrected chi connectivity index (χ3v) is 3.84. The predicted octanol–water partition coefficient (Wildman–Crippen LogP) is 2.59. The first-order chi connectivity index (χ1) is 12.1. The molecule has 6 nitrogen and oxygen atoms in total. The molecule has 0 saturated carbocycles. The molecule has 1 aliphatic rings. The Balaban J connectivity index is 2.57. The van der Waals surface area contributed by atoms with Gasteiger partial charge in [-0.2, -0.15) is 5.26 Å². The van der Waals surface area contributed by atoms with E-state index in [9.17, 15) is 15.2 Å². The van der Waals surface area contributed by atoms with Gasteiger partial charge < -0.3 is 19.9 Å². The topological polar surface area (TPSA) is 91.6 Å². The van der Waals surface area contributed by atoms with Crippen molar-refractivity contribution in [1.82, 2.24) is 5.32 Å². The second kappa shape index (κ2) is 12.5. The standard InChI is InChI=1S/C19H30N2O4/c1-3-10-24-11-12-25-19(23)18(14-20)16-7-4-8-17(13-16)21-9-5-6-15(2)22/h13,15,21-22H,3-12H2,1-2H3/b18-16-. The summed E-state index contributed by atoms with van der Waals surface area (Å²) in [6.07, 6.45) is 6.62. The third kappa shape index (κ3) is 8.71. The Labute approximate surface area is 150 Å². The largest absolute Gasteiger partial charge is 0.459 e. The molecule has 0 saturated heterocycles.